The minimum Gasteiger partial charge on any atom is -0.461 e. The van der Waals surface area contributed by atoms with Crippen molar-refractivity contribution in [2.24, 2.45) is 0 Å². The first kappa shape index (κ1) is 14.3. The minimum absolute atomic E-state index is 0.0725. The Morgan fingerprint density at radius 1 is 1.67 bits per heavy atom. The summed E-state index contributed by atoms with van der Waals surface area (Å²) in [5.41, 5.74) is -1.19. The molecule has 0 radical (unpaired) electrons. The van der Waals surface area contributed by atoms with Gasteiger partial charge in [-0.3, -0.25) is 0 Å². The Kier molecular flexibility index (Phi) is 4.98. The summed E-state index contributed by atoms with van der Waals surface area (Å²) in [6.45, 7) is 1.64. The summed E-state index contributed by atoms with van der Waals surface area (Å²) in [5.74, 6) is -1.18. The molecule has 0 N–H and O–H groups in total. The van der Waals surface area contributed by atoms with Crippen LogP contribution in [0.15, 0.2) is 6.07 Å². The molecule has 0 aliphatic rings. The quantitative estimate of drug-likeness (QED) is 0.625. The van der Waals surface area contributed by atoms with Crippen LogP contribution in [0, 0.1) is 11.3 Å². The number of pyridine rings is 1. The van der Waals surface area contributed by atoms with Gasteiger partial charge in [0.2, 0.25) is 0 Å². The fourth-order valence-electron chi connectivity index (χ4n) is 1.35. The number of carbonyl (C=O) groups excluding carboxylic acids is 1. The number of ether oxygens (including phenoxy) is 1. The maximum atomic E-state index is 12.8. The van der Waals surface area contributed by atoms with E-state index in [1.54, 1.807) is 13.0 Å². The lowest BCUT2D eigenvalue weighted by Crippen LogP contribution is -2.13. The van der Waals surface area contributed by atoms with E-state index >= 15 is 0 Å². The molecule has 18 heavy (non-hydrogen) atoms. The van der Waals surface area contributed by atoms with Crippen molar-refractivity contribution >= 4 is 17.6 Å². The fourth-order valence-corrected chi connectivity index (χ4v) is 1.63. The Balaban J connectivity index is 3.43. The predicted octanol–water partition coefficient (Wildman–Crippen LogP) is 2.81. The second-order valence-electron chi connectivity index (χ2n) is 3.19. The van der Waals surface area contributed by atoms with Gasteiger partial charge in [-0.15, -0.1) is 11.6 Å². The maximum absolute atomic E-state index is 12.8. The first-order chi connectivity index (χ1) is 8.54. The highest BCUT2D eigenvalue weighted by atomic mass is 35.5. The predicted molar refractivity (Wildman–Crippen MR) is 59.4 cm³/mol. The molecule has 0 fully saturated rings. The number of nitrogens with zero attached hydrogens (tertiary/aromatic N) is 2. The van der Waals surface area contributed by atoms with E-state index in [-0.39, 0.29) is 29.4 Å². The van der Waals surface area contributed by atoms with Crippen molar-refractivity contribution in [2.45, 2.75) is 19.2 Å². The van der Waals surface area contributed by atoms with Crippen molar-refractivity contribution in [2.75, 3.05) is 6.61 Å². The van der Waals surface area contributed by atoms with Crippen LogP contribution in [-0.4, -0.2) is 17.6 Å². The molecule has 0 saturated heterocycles. The summed E-state index contributed by atoms with van der Waals surface area (Å²) in [5, 5.41) is 8.70. The van der Waals surface area contributed by atoms with E-state index < -0.39 is 18.0 Å². The Morgan fingerprint density at radius 2 is 2.33 bits per heavy atom. The fraction of sp³-hybridized carbons (Fsp3) is 0.364. The average molecular weight is 275 g/mol. The SMILES string of the molecule is CCOC(=O)c1nc(C#N)cc(C(F)F)c1CCl. The van der Waals surface area contributed by atoms with Gasteiger partial charge >= 0.3 is 5.97 Å². The van der Waals surface area contributed by atoms with Crippen molar-refractivity contribution < 1.29 is 18.3 Å². The third kappa shape index (κ3) is 2.93. The molecule has 0 bridgehead atoms. The highest BCUT2D eigenvalue weighted by Crippen LogP contribution is 2.27. The molecule has 0 atom stereocenters. The Hall–Kier alpha value is -1.74. The largest absolute Gasteiger partial charge is 0.461 e. The van der Waals surface area contributed by atoms with Gasteiger partial charge in [0.25, 0.3) is 6.43 Å². The number of aromatic nitrogens is 1. The van der Waals surface area contributed by atoms with E-state index in [0.29, 0.717) is 0 Å². The number of esters is 1. The number of nitriles is 1. The molecule has 0 aliphatic heterocycles. The number of hydrogen-bond donors (Lipinski definition) is 0. The summed E-state index contributed by atoms with van der Waals surface area (Å²) in [6.07, 6.45) is -2.85. The highest BCUT2D eigenvalue weighted by molar-refractivity contribution is 6.17. The van der Waals surface area contributed by atoms with E-state index in [1.807, 2.05) is 0 Å². The second kappa shape index (κ2) is 6.26. The normalized spacial score (nSPS) is 10.2. The third-order valence-electron chi connectivity index (χ3n) is 2.11. The number of halogens is 3. The molecule has 7 heteroatoms. The Morgan fingerprint density at radius 3 is 2.78 bits per heavy atom. The van der Waals surface area contributed by atoms with Gasteiger partial charge in [-0.05, 0) is 13.0 Å². The smallest absolute Gasteiger partial charge is 0.357 e. The summed E-state index contributed by atoms with van der Waals surface area (Å²) < 4.78 is 30.3. The molecule has 0 unspecified atom stereocenters. The zero-order valence-electron chi connectivity index (χ0n) is 9.41. The molecule has 4 nitrogen and oxygen atoms in total. The molecule has 0 spiro atoms. The molecule has 0 saturated carbocycles. The third-order valence-corrected chi connectivity index (χ3v) is 2.38. The van der Waals surface area contributed by atoms with Gasteiger partial charge in [-0.25, -0.2) is 18.6 Å². The summed E-state index contributed by atoms with van der Waals surface area (Å²) in [7, 11) is 0. The van der Waals surface area contributed by atoms with Gasteiger partial charge in [-0.2, -0.15) is 5.26 Å². The molecule has 1 heterocycles. The second-order valence-corrected chi connectivity index (χ2v) is 3.46. The molecular formula is C11H9ClF2N2O2. The average Bonchev–Trinajstić information content (AvgIpc) is 2.37. The number of carbonyl (C=O) groups is 1. The van der Waals surface area contributed by atoms with Crippen LogP contribution < -0.4 is 0 Å². The molecule has 1 aromatic heterocycles. The lowest BCUT2D eigenvalue weighted by atomic mass is 10.1. The molecule has 1 aromatic rings. The summed E-state index contributed by atoms with van der Waals surface area (Å²) in [6, 6.07) is 2.54. The first-order valence-electron chi connectivity index (χ1n) is 5.00. The van der Waals surface area contributed by atoms with Crippen LogP contribution in [0.5, 0.6) is 0 Å². The summed E-state index contributed by atoms with van der Waals surface area (Å²) in [4.78, 5) is 15.2. The molecule has 0 amide bonds. The van der Waals surface area contributed by atoms with Crippen molar-refractivity contribution in [3.8, 4) is 6.07 Å². The van der Waals surface area contributed by atoms with E-state index in [1.165, 1.54) is 0 Å². The highest BCUT2D eigenvalue weighted by Gasteiger charge is 2.23. The topological polar surface area (TPSA) is 63.0 Å². The van der Waals surface area contributed by atoms with Crippen LogP contribution in [0.1, 0.15) is 40.7 Å². The monoisotopic (exact) mass is 274 g/mol. The van der Waals surface area contributed by atoms with Crippen molar-refractivity contribution in [1.29, 1.82) is 5.26 Å². The first-order valence-corrected chi connectivity index (χ1v) is 5.53. The van der Waals surface area contributed by atoms with Crippen molar-refractivity contribution in [1.82, 2.24) is 4.98 Å². The zero-order chi connectivity index (χ0) is 13.7. The molecule has 96 valence electrons. The standard InChI is InChI=1S/C11H9ClF2N2O2/c1-2-18-11(17)9-8(4-12)7(10(13)14)3-6(5-15)16-9/h3,10H,2,4H2,1H3. The zero-order valence-corrected chi connectivity index (χ0v) is 10.2. The van der Waals surface area contributed by atoms with Crippen LogP contribution in [0.2, 0.25) is 0 Å². The number of alkyl halides is 3. The Labute approximate surface area is 107 Å². The minimum atomic E-state index is -2.85. The molecular weight excluding hydrogens is 266 g/mol. The van der Waals surface area contributed by atoms with Crippen LogP contribution in [0.4, 0.5) is 8.78 Å². The van der Waals surface area contributed by atoms with Gasteiger partial charge in [0.1, 0.15) is 11.8 Å². The van der Waals surface area contributed by atoms with Crippen LogP contribution in [0.25, 0.3) is 0 Å². The van der Waals surface area contributed by atoms with Crippen LogP contribution in [-0.2, 0) is 10.6 Å². The summed E-state index contributed by atoms with van der Waals surface area (Å²) >= 11 is 5.56. The van der Waals surface area contributed by atoms with Gasteiger partial charge in [0, 0.05) is 11.1 Å². The number of rotatable bonds is 4. The lowest BCUT2D eigenvalue weighted by molar-refractivity contribution is 0.0517. The molecule has 0 aliphatic carbocycles. The van der Waals surface area contributed by atoms with Crippen LogP contribution >= 0.6 is 11.6 Å². The van der Waals surface area contributed by atoms with E-state index in [2.05, 4.69) is 4.98 Å². The van der Waals surface area contributed by atoms with E-state index in [4.69, 9.17) is 21.6 Å². The van der Waals surface area contributed by atoms with Gasteiger partial charge in [0.05, 0.1) is 12.5 Å². The van der Waals surface area contributed by atoms with Gasteiger partial charge in [-0.1, -0.05) is 0 Å². The molecule has 0 aromatic carbocycles. The van der Waals surface area contributed by atoms with E-state index in [0.717, 1.165) is 6.07 Å². The van der Waals surface area contributed by atoms with E-state index in [9.17, 15) is 13.6 Å². The number of hydrogen-bond acceptors (Lipinski definition) is 4. The Bertz CT molecular complexity index is 501. The van der Waals surface area contributed by atoms with Crippen molar-refractivity contribution in [3.63, 3.8) is 0 Å². The van der Waals surface area contributed by atoms with Gasteiger partial charge < -0.3 is 4.74 Å². The van der Waals surface area contributed by atoms with Crippen LogP contribution in [0.3, 0.4) is 0 Å². The molecule has 1 rings (SSSR count). The van der Waals surface area contributed by atoms with Crippen molar-refractivity contribution in [3.05, 3.63) is 28.6 Å². The maximum Gasteiger partial charge on any atom is 0.357 e. The lowest BCUT2D eigenvalue weighted by Gasteiger charge is -2.11. The van der Waals surface area contributed by atoms with Gasteiger partial charge in [0.15, 0.2) is 5.69 Å².